The molecule has 0 fully saturated rings. The molecule has 0 spiro atoms. The number of carbonyl (C=O) groups excluding carboxylic acids is 1. The molecule has 0 saturated carbocycles. The zero-order chi connectivity index (χ0) is 14.7. The van der Waals surface area contributed by atoms with Gasteiger partial charge in [-0.25, -0.2) is 4.98 Å². The number of ether oxygens (including phenoxy) is 1. The summed E-state index contributed by atoms with van der Waals surface area (Å²) in [6.45, 7) is 2.05. The number of hydrogen-bond donors (Lipinski definition) is 0. The van der Waals surface area contributed by atoms with Gasteiger partial charge in [0.2, 0.25) is 5.91 Å². The predicted octanol–water partition coefficient (Wildman–Crippen LogP) is 2.73. The SMILES string of the molecule is COc1ccc2c(C)cc(SCC(=O)N(C)C)nc2c1. The summed E-state index contributed by atoms with van der Waals surface area (Å²) in [5.74, 6) is 1.27. The van der Waals surface area contributed by atoms with E-state index in [1.54, 1.807) is 26.1 Å². The highest BCUT2D eigenvalue weighted by molar-refractivity contribution is 7.99. The topological polar surface area (TPSA) is 42.4 Å². The molecule has 1 heterocycles. The molecule has 0 bridgehead atoms. The summed E-state index contributed by atoms with van der Waals surface area (Å²) in [4.78, 5) is 17.8. The third kappa shape index (κ3) is 3.22. The molecule has 2 rings (SSSR count). The van der Waals surface area contributed by atoms with Crippen LogP contribution < -0.4 is 4.74 Å². The van der Waals surface area contributed by atoms with Gasteiger partial charge in [-0.3, -0.25) is 4.79 Å². The first-order valence-electron chi connectivity index (χ1n) is 6.29. The van der Waals surface area contributed by atoms with E-state index in [0.29, 0.717) is 5.75 Å². The molecule has 1 aromatic carbocycles. The van der Waals surface area contributed by atoms with Crippen molar-refractivity contribution in [1.29, 1.82) is 0 Å². The van der Waals surface area contributed by atoms with Crippen LogP contribution in [0.1, 0.15) is 5.56 Å². The first-order chi connectivity index (χ1) is 9.51. The number of fused-ring (bicyclic) bond motifs is 1. The van der Waals surface area contributed by atoms with Crippen LogP contribution in [0, 0.1) is 6.92 Å². The molecule has 1 amide bonds. The maximum atomic E-state index is 11.6. The first kappa shape index (κ1) is 14.7. The van der Waals surface area contributed by atoms with Gasteiger partial charge in [-0.05, 0) is 30.7 Å². The number of nitrogens with zero attached hydrogens (tertiary/aromatic N) is 2. The molecule has 4 nitrogen and oxygen atoms in total. The van der Waals surface area contributed by atoms with Gasteiger partial charge >= 0.3 is 0 Å². The number of amides is 1. The Morgan fingerprint density at radius 2 is 2.10 bits per heavy atom. The van der Waals surface area contributed by atoms with E-state index < -0.39 is 0 Å². The molecule has 2 aromatic rings. The molecule has 0 saturated heterocycles. The van der Waals surface area contributed by atoms with E-state index in [2.05, 4.69) is 4.98 Å². The standard InChI is InChI=1S/C15H18N2O2S/c1-10-7-14(20-9-15(18)17(2)3)16-13-8-11(19-4)5-6-12(10)13/h5-8H,9H2,1-4H3. The molecule has 0 atom stereocenters. The summed E-state index contributed by atoms with van der Waals surface area (Å²) in [7, 11) is 5.15. The van der Waals surface area contributed by atoms with Gasteiger partial charge in [0.15, 0.2) is 0 Å². The van der Waals surface area contributed by atoms with Gasteiger partial charge in [0.1, 0.15) is 5.75 Å². The van der Waals surface area contributed by atoms with E-state index in [0.717, 1.165) is 27.2 Å². The van der Waals surface area contributed by atoms with E-state index in [-0.39, 0.29) is 5.91 Å². The number of carbonyl (C=O) groups is 1. The fourth-order valence-electron chi connectivity index (χ4n) is 1.82. The lowest BCUT2D eigenvalue weighted by molar-refractivity contribution is -0.125. The van der Waals surface area contributed by atoms with Crippen LogP contribution in [0.2, 0.25) is 0 Å². The van der Waals surface area contributed by atoms with E-state index >= 15 is 0 Å². The Morgan fingerprint density at radius 1 is 1.35 bits per heavy atom. The maximum Gasteiger partial charge on any atom is 0.232 e. The van der Waals surface area contributed by atoms with Gasteiger partial charge in [-0.15, -0.1) is 0 Å². The van der Waals surface area contributed by atoms with Crippen molar-refractivity contribution in [3.8, 4) is 5.75 Å². The molecule has 20 heavy (non-hydrogen) atoms. The van der Waals surface area contributed by atoms with E-state index in [9.17, 15) is 4.79 Å². The smallest absolute Gasteiger partial charge is 0.232 e. The van der Waals surface area contributed by atoms with Crippen LogP contribution in [0.4, 0.5) is 0 Å². The van der Waals surface area contributed by atoms with Gasteiger partial charge in [-0.1, -0.05) is 11.8 Å². The lowest BCUT2D eigenvalue weighted by Gasteiger charge is -2.10. The van der Waals surface area contributed by atoms with Crippen molar-refractivity contribution in [3.05, 3.63) is 29.8 Å². The Bertz CT molecular complexity index is 641. The molecule has 0 aliphatic rings. The van der Waals surface area contributed by atoms with Crippen molar-refractivity contribution >= 4 is 28.6 Å². The monoisotopic (exact) mass is 290 g/mol. The number of benzene rings is 1. The second-order valence-corrected chi connectivity index (χ2v) is 5.73. The molecule has 5 heteroatoms. The molecule has 0 radical (unpaired) electrons. The van der Waals surface area contributed by atoms with Crippen molar-refractivity contribution in [3.63, 3.8) is 0 Å². The minimum absolute atomic E-state index is 0.0835. The molecular formula is C15H18N2O2S. The van der Waals surface area contributed by atoms with Crippen LogP contribution in [-0.2, 0) is 4.79 Å². The number of methoxy groups -OCH3 is 1. The number of rotatable bonds is 4. The number of thioether (sulfide) groups is 1. The fourth-order valence-corrected chi connectivity index (χ4v) is 2.77. The normalized spacial score (nSPS) is 10.6. The van der Waals surface area contributed by atoms with Gasteiger partial charge in [0, 0.05) is 25.5 Å². The third-order valence-corrected chi connectivity index (χ3v) is 3.94. The Hall–Kier alpha value is -1.75. The molecule has 0 aliphatic heterocycles. The second-order valence-electron chi connectivity index (χ2n) is 4.74. The Labute approximate surface area is 123 Å². The van der Waals surface area contributed by atoms with Crippen LogP contribution in [-0.4, -0.2) is 42.7 Å². The maximum absolute atomic E-state index is 11.6. The fraction of sp³-hybridized carbons (Fsp3) is 0.333. The first-order valence-corrected chi connectivity index (χ1v) is 7.28. The lowest BCUT2D eigenvalue weighted by Crippen LogP contribution is -2.23. The molecule has 106 valence electrons. The van der Waals surface area contributed by atoms with Crippen LogP contribution >= 0.6 is 11.8 Å². The molecule has 1 aromatic heterocycles. The van der Waals surface area contributed by atoms with Crippen LogP contribution in [0.5, 0.6) is 5.75 Å². The van der Waals surface area contributed by atoms with Gasteiger partial charge in [0.05, 0.1) is 23.4 Å². The van der Waals surface area contributed by atoms with E-state index in [1.807, 2.05) is 31.2 Å². The number of hydrogen-bond acceptors (Lipinski definition) is 4. The summed E-state index contributed by atoms with van der Waals surface area (Å²) in [6.07, 6.45) is 0. The molecule has 0 unspecified atom stereocenters. The zero-order valence-electron chi connectivity index (χ0n) is 12.1. The van der Waals surface area contributed by atoms with E-state index in [4.69, 9.17) is 4.74 Å². The highest BCUT2D eigenvalue weighted by Gasteiger charge is 2.08. The molecule has 0 aliphatic carbocycles. The average molecular weight is 290 g/mol. The van der Waals surface area contributed by atoms with Gasteiger partial charge in [0.25, 0.3) is 0 Å². The second kappa shape index (κ2) is 6.13. The van der Waals surface area contributed by atoms with Crippen molar-refractivity contribution in [1.82, 2.24) is 9.88 Å². The van der Waals surface area contributed by atoms with Crippen molar-refractivity contribution in [2.75, 3.05) is 27.0 Å². The summed E-state index contributed by atoms with van der Waals surface area (Å²) in [5, 5.41) is 1.97. The molecule has 0 N–H and O–H groups in total. The minimum atomic E-state index is 0.0835. The van der Waals surface area contributed by atoms with Crippen LogP contribution in [0.3, 0.4) is 0 Å². The van der Waals surface area contributed by atoms with Crippen LogP contribution in [0.15, 0.2) is 29.3 Å². The summed E-state index contributed by atoms with van der Waals surface area (Å²) >= 11 is 1.46. The Kier molecular flexibility index (Phi) is 4.49. The average Bonchev–Trinajstić information content (AvgIpc) is 2.43. The zero-order valence-corrected chi connectivity index (χ0v) is 13.0. The van der Waals surface area contributed by atoms with E-state index in [1.165, 1.54) is 11.8 Å². The van der Waals surface area contributed by atoms with Crippen molar-refractivity contribution in [2.24, 2.45) is 0 Å². The van der Waals surface area contributed by atoms with Crippen molar-refractivity contribution < 1.29 is 9.53 Å². The number of pyridine rings is 1. The summed E-state index contributed by atoms with van der Waals surface area (Å²) in [5.41, 5.74) is 2.04. The summed E-state index contributed by atoms with van der Waals surface area (Å²) < 4.78 is 5.22. The predicted molar refractivity (Wildman–Crippen MR) is 82.5 cm³/mol. The third-order valence-electron chi connectivity index (χ3n) is 3.04. The van der Waals surface area contributed by atoms with Gasteiger partial charge < -0.3 is 9.64 Å². The largest absolute Gasteiger partial charge is 0.497 e. The van der Waals surface area contributed by atoms with Gasteiger partial charge in [-0.2, -0.15) is 0 Å². The minimum Gasteiger partial charge on any atom is -0.497 e. The lowest BCUT2D eigenvalue weighted by atomic mass is 10.1. The highest BCUT2D eigenvalue weighted by atomic mass is 32.2. The quantitative estimate of drug-likeness (QED) is 0.812. The Balaban J connectivity index is 2.28. The molecular weight excluding hydrogens is 272 g/mol. The Morgan fingerprint density at radius 3 is 2.75 bits per heavy atom. The highest BCUT2D eigenvalue weighted by Crippen LogP contribution is 2.26. The van der Waals surface area contributed by atoms with Crippen LogP contribution in [0.25, 0.3) is 10.9 Å². The number of aryl methyl sites for hydroxylation is 1. The summed E-state index contributed by atoms with van der Waals surface area (Å²) in [6, 6.07) is 7.87. The number of aromatic nitrogens is 1. The van der Waals surface area contributed by atoms with Crippen molar-refractivity contribution in [2.45, 2.75) is 11.9 Å².